The molecule has 1 aromatic rings. The second-order valence-corrected chi connectivity index (χ2v) is 4.24. The van der Waals surface area contributed by atoms with E-state index in [9.17, 15) is 14.9 Å². The smallest absolute Gasteiger partial charge is 0.310 e. The van der Waals surface area contributed by atoms with Gasteiger partial charge in [-0.2, -0.15) is 12.6 Å². The van der Waals surface area contributed by atoms with Gasteiger partial charge in [0.25, 0.3) is 5.69 Å². The number of carbonyl (C=O) groups excluding carboxylic acids is 1. The summed E-state index contributed by atoms with van der Waals surface area (Å²) >= 11 is 4.13. The molecule has 1 fully saturated rings. The molecule has 2 atom stereocenters. The lowest BCUT2D eigenvalue weighted by atomic mass is 9.90. The van der Waals surface area contributed by atoms with Crippen LogP contribution < -0.4 is 0 Å². The van der Waals surface area contributed by atoms with Gasteiger partial charge in [0.15, 0.2) is 0 Å². The molecule has 2 rings (SSSR count). The van der Waals surface area contributed by atoms with Crippen molar-refractivity contribution in [1.29, 1.82) is 0 Å². The summed E-state index contributed by atoms with van der Waals surface area (Å²) in [5, 5.41) is 10.5. The molecular weight excluding hydrogens is 242 g/mol. The van der Waals surface area contributed by atoms with Crippen molar-refractivity contribution in [2.24, 2.45) is 5.92 Å². The van der Waals surface area contributed by atoms with Gasteiger partial charge < -0.3 is 4.74 Å². The molecule has 1 saturated heterocycles. The van der Waals surface area contributed by atoms with E-state index in [2.05, 4.69) is 12.6 Å². The molecule has 0 radical (unpaired) electrons. The van der Waals surface area contributed by atoms with Crippen LogP contribution in [0.15, 0.2) is 24.3 Å². The number of nitro benzene ring substituents is 1. The molecule has 0 aromatic heterocycles. The van der Waals surface area contributed by atoms with Crippen molar-refractivity contribution in [3.63, 3.8) is 0 Å². The van der Waals surface area contributed by atoms with Crippen molar-refractivity contribution in [2.75, 3.05) is 12.4 Å². The van der Waals surface area contributed by atoms with E-state index in [0.29, 0.717) is 12.4 Å². The lowest BCUT2D eigenvalue weighted by Gasteiger charge is -2.12. The SMILES string of the molecule is O=C1OCC(c2ccc([N+](=O)[O-])cc2)C1CS. The number of hydrogen-bond donors (Lipinski definition) is 1. The van der Waals surface area contributed by atoms with Crippen molar-refractivity contribution in [2.45, 2.75) is 5.92 Å². The Hall–Kier alpha value is -1.56. The van der Waals surface area contributed by atoms with E-state index in [1.54, 1.807) is 12.1 Å². The average molecular weight is 253 g/mol. The fourth-order valence-corrected chi connectivity index (χ4v) is 2.34. The van der Waals surface area contributed by atoms with Gasteiger partial charge in [-0.25, -0.2) is 0 Å². The lowest BCUT2D eigenvalue weighted by molar-refractivity contribution is -0.384. The number of rotatable bonds is 3. The van der Waals surface area contributed by atoms with Gasteiger partial charge in [-0.15, -0.1) is 0 Å². The highest BCUT2D eigenvalue weighted by Gasteiger charge is 2.36. The first-order chi connectivity index (χ1) is 8.13. The van der Waals surface area contributed by atoms with Crippen LogP contribution in [0.1, 0.15) is 11.5 Å². The second kappa shape index (κ2) is 4.75. The van der Waals surface area contributed by atoms with Crippen LogP contribution in [0.3, 0.4) is 0 Å². The molecule has 0 saturated carbocycles. The van der Waals surface area contributed by atoms with Crippen molar-refractivity contribution in [3.8, 4) is 0 Å². The van der Waals surface area contributed by atoms with Crippen molar-refractivity contribution >= 4 is 24.3 Å². The number of nitro groups is 1. The molecule has 1 aliphatic heterocycles. The Kier molecular flexibility index (Phi) is 3.33. The summed E-state index contributed by atoms with van der Waals surface area (Å²) in [6.45, 7) is 0.321. The maximum absolute atomic E-state index is 11.4. The molecular formula is C11H11NO4S. The minimum Gasteiger partial charge on any atom is -0.465 e. The van der Waals surface area contributed by atoms with Crippen molar-refractivity contribution in [3.05, 3.63) is 39.9 Å². The van der Waals surface area contributed by atoms with Gasteiger partial charge in [-0.05, 0) is 5.56 Å². The zero-order valence-corrected chi connectivity index (χ0v) is 9.80. The molecule has 17 heavy (non-hydrogen) atoms. The topological polar surface area (TPSA) is 69.4 Å². The fourth-order valence-electron chi connectivity index (χ4n) is 1.93. The number of hydrogen-bond acceptors (Lipinski definition) is 5. The van der Waals surface area contributed by atoms with Crippen LogP contribution in [0.4, 0.5) is 5.69 Å². The predicted octanol–water partition coefficient (Wildman–Crippen LogP) is 1.78. The molecule has 90 valence electrons. The van der Waals surface area contributed by atoms with E-state index in [-0.39, 0.29) is 23.5 Å². The predicted molar refractivity (Wildman–Crippen MR) is 64.1 cm³/mol. The largest absolute Gasteiger partial charge is 0.465 e. The number of cyclic esters (lactones) is 1. The Bertz CT molecular complexity index is 445. The monoisotopic (exact) mass is 253 g/mol. The fraction of sp³-hybridized carbons (Fsp3) is 0.364. The zero-order chi connectivity index (χ0) is 12.4. The highest BCUT2D eigenvalue weighted by molar-refractivity contribution is 7.80. The van der Waals surface area contributed by atoms with E-state index in [0.717, 1.165) is 5.56 Å². The Labute approximate surface area is 103 Å². The zero-order valence-electron chi connectivity index (χ0n) is 8.91. The van der Waals surface area contributed by atoms with Gasteiger partial charge in [0.05, 0.1) is 17.4 Å². The Balaban J connectivity index is 2.23. The summed E-state index contributed by atoms with van der Waals surface area (Å²) < 4.78 is 4.98. The van der Waals surface area contributed by atoms with Gasteiger partial charge in [0.2, 0.25) is 0 Å². The van der Waals surface area contributed by atoms with E-state index < -0.39 is 4.92 Å². The van der Waals surface area contributed by atoms with E-state index in [1.165, 1.54) is 12.1 Å². The van der Waals surface area contributed by atoms with E-state index in [4.69, 9.17) is 4.74 Å². The van der Waals surface area contributed by atoms with Crippen LogP contribution in [0.5, 0.6) is 0 Å². The first-order valence-electron chi connectivity index (χ1n) is 5.15. The van der Waals surface area contributed by atoms with E-state index >= 15 is 0 Å². The second-order valence-electron chi connectivity index (χ2n) is 3.87. The highest BCUT2D eigenvalue weighted by Crippen LogP contribution is 2.33. The number of benzene rings is 1. The maximum Gasteiger partial charge on any atom is 0.310 e. The number of thiol groups is 1. The quantitative estimate of drug-likeness (QED) is 0.386. The molecule has 1 aliphatic rings. The summed E-state index contributed by atoms with van der Waals surface area (Å²) in [5.74, 6) is -0.149. The van der Waals surface area contributed by atoms with Crippen LogP contribution in [-0.4, -0.2) is 23.3 Å². The number of non-ortho nitro benzene ring substituents is 1. The van der Waals surface area contributed by atoms with Crippen molar-refractivity contribution in [1.82, 2.24) is 0 Å². The number of nitrogens with zero attached hydrogens (tertiary/aromatic N) is 1. The molecule has 1 heterocycles. The Morgan fingerprint density at radius 1 is 1.41 bits per heavy atom. The third kappa shape index (κ3) is 2.26. The molecule has 0 aliphatic carbocycles. The Morgan fingerprint density at radius 3 is 2.59 bits per heavy atom. The molecule has 0 N–H and O–H groups in total. The van der Waals surface area contributed by atoms with Gasteiger partial charge in [0.1, 0.15) is 0 Å². The third-order valence-corrected chi connectivity index (χ3v) is 3.32. The lowest BCUT2D eigenvalue weighted by Crippen LogP contribution is -2.16. The van der Waals surface area contributed by atoms with Crippen LogP contribution in [0.25, 0.3) is 0 Å². The third-order valence-electron chi connectivity index (χ3n) is 2.92. The molecule has 0 amide bonds. The number of ether oxygens (including phenoxy) is 1. The number of esters is 1. The van der Waals surface area contributed by atoms with Gasteiger partial charge in [-0.1, -0.05) is 12.1 Å². The average Bonchev–Trinajstić information content (AvgIpc) is 2.70. The normalized spacial score (nSPS) is 23.5. The van der Waals surface area contributed by atoms with Crippen LogP contribution >= 0.6 is 12.6 Å². The summed E-state index contributed by atoms with van der Waals surface area (Å²) in [5.41, 5.74) is 0.918. The summed E-state index contributed by atoms with van der Waals surface area (Å²) in [6, 6.07) is 6.21. The molecule has 0 bridgehead atoms. The number of carbonyl (C=O) groups is 1. The molecule has 6 heteroatoms. The molecule has 5 nitrogen and oxygen atoms in total. The maximum atomic E-state index is 11.4. The van der Waals surface area contributed by atoms with Crippen LogP contribution in [-0.2, 0) is 9.53 Å². The minimum absolute atomic E-state index is 0.0430. The van der Waals surface area contributed by atoms with Crippen LogP contribution in [0.2, 0.25) is 0 Å². The standard InChI is InChI=1S/C11H11NO4S/c13-11-10(6-17)9(5-16-11)7-1-3-8(4-2-7)12(14)15/h1-4,9-10,17H,5-6H2. The molecule has 1 aromatic carbocycles. The first-order valence-corrected chi connectivity index (χ1v) is 5.78. The first kappa shape index (κ1) is 11.9. The van der Waals surface area contributed by atoms with Crippen LogP contribution in [0, 0.1) is 16.0 Å². The summed E-state index contributed by atoms with van der Waals surface area (Å²) in [6.07, 6.45) is 0. The highest BCUT2D eigenvalue weighted by atomic mass is 32.1. The van der Waals surface area contributed by atoms with E-state index in [1.807, 2.05) is 0 Å². The molecule has 0 spiro atoms. The summed E-state index contributed by atoms with van der Waals surface area (Å²) in [4.78, 5) is 21.5. The summed E-state index contributed by atoms with van der Waals surface area (Å²) in [7, 11) is 0. The van der Waals surface area contributed by atoms with Gasteiger partial charge >= 0.3 is 5.97 Å². The molecule has 2 unspecified atom stereocenters. The van der Waals surface area contributed by atoms with Gasteiger partial charge in [-0.3, -0.25) is 14.9 Å². The minimum atomic E-state index is -0.448. The van der Waals surface area contributed by atoms with Gasteiger partial charge in [0, 0.05) is 23.8 Å². The Morgan fingerprint density at radius 2 is 2.06 bits per heavy atom. The van der Waals surface area contributed by atoms with Crippen molar-refractivity contribution < 1.29 is 14.5 Å².